The Kier molecular flexibility index (Phi) is 4.12. The number of hydrogen-bond donors (Lipinski definition) is 1. The molecular formula is C18H16FN3O2. The molecule has 122 valence electrons. The molecule has 1 aliphatic heterocycles. The number of carbonyl (C=O) groups is 2. The summed E-state index contributed by atoms with van der Waals surface area (Å²) in [7, 11) is 0. The van der Waals surface area contributed by atoms with Gasteiger partial charge in [-0.2, -0.15) is 5.10 Å². The topological polar surface area (TPSA) is 61.8 Å². The fraction of sp³-hybridized carbons (Fsp3) is 0.167. The SMILES string of the molecule is CC[C@]1(c2ccccc2)NC(=O)N(/N=C\c2ccc(F)cc2)C1=O. The number of halogens is 1. The number of nitrogens with one attached hydrogen (secondary N) is 1. The number of amides is 3. The van der Waals surface area contributed by atoms with E-state index >= 15 is 0 Å². The summed E-state index contributed by atoms with van der Waals surface area (Å²) >= 11 is 0. The van der Waals surface area contributed by atoms with Crippen LogP contribution in [0.3, 0.4) is 0 Å². The van der Waals surface area contributed by atoms with Crippen molar-refractivity contribution in [3.63, 3.8) is 0 Å². The van der Waals surface area contributed by atoms with Gasteiger partial charge in [-0.25, -0.2) is 9.18 Å². The van der Waals surface area contributed by atoms with Crippen LogP contribution in [0.25, 0.3) is 0 Å². The fourth-order valence-electron chi connectivity index (χ4n) is 2.70. The zero-order valence-electron chi connectivity index (χ0n) is 13.1. The van der Waals surface area contributed by atoms with Crippen LogP contribution in [0.15, 0.2) is 59.7 Å². The molecule has 0 radical (unpaired) electrons. The molecule has 1 aliphatic rings. The van der Waals surface area contributed by atoms with Gasteiger partial charge in [-0.3, -0.25) is 4.79 Å². The number of urea groups is 1. The minimum absolute atomic E-state index is 0.365. The minimum Gasteiger partial charge on any atom is -0.318 e. The predicted molar refractivity (Wildman–Crippen MR) is 87.8 cm³/mol. The molecule has 0 saturated carbocycles. The van der Waals surface area contributed by atoms with Gasteiger partial charge in [0.1, 0.15) is 11.4 Å². The Labute approximate surface area is 138 Å². The Balaban J connectivity index is 1.90. The van der Waals surface area contributed by atoms with Crippen LogP contribution in [0.4, 0.5) is 9.18 Å². The highest BCUT2D eigenvalue weighted by Gasteiger charge is 2.51. The second kappa shape index (κ2) is 6.23. The first-order valence-corrected chi connectivity index (χ1v) is 7.58. The molecule has 0 aliphatic carbocycles. The van der Waals surface area contributed by atoms with Gasteiger partial charge >= 0.3 is 6.03 Å². The molecule has 0 spiro atoms. The Morgan fingerprint density at radius 2 is 1.79 bits per heavy atom. The molecule has 1 N–H and O–H groups in total. The van der Waals surface area contributed by atoms with Gasteiger partial charge in [0, 0.05) is 0 Å². The number of benzene rings is 2. The number of rotatable bonds is 4. The number of nitrogens with zero attached hydrogens (tertiary/aromatic N) is 2. The van der Waals surface area contributed by atoms with Crippen LogP contribution in [0, 0.1) is 5.82 Å². The van der Waals surface area contributed by atoms with Gasteiger partial charge < -0.3 is 5.32 Å². The molecule has 6 heteroatoms. The van der Waals surface area contributed by atoms with Crippen molar-refractivity contribution in [2.75, 3.05) is 0 Å². The van der Waals surface area contributed by atoms with E-state index in [9.17, 15) is 14.0 Å². The Morgan fingerprint density at radius 1 is 1.12 bits per heavy atom. The van der Waals surface area contributed by atoms with Crippen LogP contribution in [0.1, 0.15) is 24.5 Å². The third-order valence-electron chi connectivity index (χ3n) is 4.06. The Bertz CT molecular complexity index is 790. The van der Waals surface area contributed by atoms with Crippen LogP contribution in [-0.4, -0.2) is 23.2 Å². The van der Waals surface area contributed by atoms with E-state index in [1.807, 2.05) is 25.1 Å². The highest BCUT2D eigenvalue weighted by Crippen LogP contribution is 2.32. The summed E-state index contributed by atoms with van der Waals surface area (Å²) in [5.41, 5.74) is 0.189. The fourth-order valence-corrected chi connectivity index (χ4v) is 2.70. The number of hydrogen-bond acceptors (Lipinski definition) is 3. The summed E-state index contributed by atoms with van der Waals surface area (Å²) in [4.78, 5) is 25.0. The normalized spacial score (nSPS) is 20.7. The predicted octanol–water partition coefficient (Wildman–Crippen LogP) is 3.02. The number of carbonyl (C=O) groups excluding carboxylic acids is 2. The van der Waals surface area contributed by atoms with Gasteiger partial charge in [0.05, 0.1) is 6.21 Å². The second-order valence-corrected chi connectivity index (χ2v) is 5.47. The molecular weight excluding hydrogens is 309 g/mol. The van der Waals surface area contributed by atoms with E-state index in [0.717, 1.165) is 5.01 Å². The van der Waals surface area contributed by atoms with Crippen molar-refractivity contribution in [1.82, 2.24) is 10.3 Å². The summed E-state index contributed by atoms with van der Waals surface area (Å²) in [5, 5.41) is 7.54. The van der Waals surface area contributed by atoms with Gasteiger partial charge in [-0.15, -0.1) is 5.01 Å². The average molecular weight is 325 g/mol. The van der Waals surface area contributed by atoms with Crippen molar-refractivity contribution in [3.05, 3.63) is 71.5 Å². The molecule has 3 amide bonds. The highest BCUT2D eigenvalue weighted by molar-refractivity contribution is 6.07. The molecule has 2 aromatic rings. The number of imide groups is 1. The maximum atomic E-state index is 12.9. The van der Waals surface area contributed by atoms with E-state index in [1.54, 1.807) is 12.1 Å². The molecule has 3 rings (SSSR count). The van der Waals surface area contributed by atoms with E-state index in [0.29, 0.717) is 17.5 Å². The molecule has 24 heavy (non-hydrogen) atoms. The first kappa shape index (κ1) is 15.9. The van der Waals surface area contributed by atoms with Crippen molar-refractivity contribution in [2.45, 2.75) is 18.9 Å². The van der Waals surface area contributed by atoms with Crippen molar-refractivity contribution in [2.24, 2.45) is 5.10 Å². The highest BCUT2D eigenvalue weighted by atomic mass is 19.1. The molecule has 5 nitrogen and oxygen atoms in total. The lowest BCUT2D eigenvalue weighted by Crippen LogP contribution is -2.43. The van der Waals surface area contributed by atoms with Crippen LogP contribution in [0.2, 0.25) is 0 Å². The van der Waals surface area contributed by atoms with Gasteiger partial charge in [0.2, 0.25) is 0 Å². The van der Waals surface area contributed by atoms with Gasteiger partial charge in [-0.05, 0) is 29.7 Å². The third kappa shape index (κ3) is 2.67. The number of hydrazone groups is 1. The van der Waals surface area contributed by atoms with E-state index in [2.05, 4.69) is 10.4 Å². The molecule has 0 bridgehead atoms. The first-order chi connectivity index (χ1) is 11.6. The average Bonchev–Trinajstić information content (AvgIpc) is 2.86. The van der Waals surface area contributed by atoms with E-state index in [1.165, 1.54) is 30.5 Å². The molecule has 0 aromatic heterocycles. The quantitative estimate of drug-likeness (QED) is 0.694. The van der Waals surface area contributed by atoms with Crippen LogP contribution in [0.5, 0.6) is 0 Å². The molecule has 1 saturated heterocycles. The van der Waals surface area contributed by atoms with Gasteiger partial charge in [0.15, 0.2) is 0 Å². The zero-order chi connectivity index (χ0) is 17.2. The maximum Gasteiger partial charge on any atom is 0.346 e. The minimum atomic E-state index is -1.11. The molecule has 1 atom stereocenters. The summed E-state index contributed by atoms with van der Waals surface area (Å²) in [5.74, 6) is -0.796. The summed E-state index contributed by atoms with van der Waals surface area (Å²) in [6, 6.07) is 14.1. The summed E-state index contributed by atoms with van der Waals surface area (Å²) < 4.78 is 12.9. The van der Waals surface area contributed by atoms with Crippen LogP contribution < -0.4 is 5.32 Å². The monoisotopic (exact) mass is 325 g/mol. The van der Waals surface area contributed by atoms with Gasteiger partial charge in [0.25, 0.3) is 5.91 Å². The smallest absolute Gasteiger partial charge is 0.318 e. The lowest BCUT2D eigenvalue weighted by Gasteiger charge is -2.24. The Hall–Kier alpha value is -3.02. The second-order valence-electron chi connectivity index (χ2n) is 5.47. The zero-order valence-corrected chi connectivity index (χ0v) is 13.1. The van der Waals surface area contributed by atoms with E-state index in [-0.39, 0.29) is 5.82 Å². The van der Waals surface area contributed by atoms with Crippen LogP contribution in [-0.2, 0) is 10.3 Å². The van der Waals surface area contributed by atoms with Gasteiger partial charge in [-0.1, -0.05) is 49.4 Å². The van der Waals surface area contributed by atoms with E-state index < -0.39 is 17.5 Å². The molecule has 0 unspecified atom stereocenters. The third-order valence-corrected chi connectivity index (χ3v) is 4.06. The maximum absolute atomic E-state index is 12.9. The van der Waals surface area contributed by atoms with Crippen molar-refractivity contribution >= 4 is 18.2 Å². The van der Waals surface area contributed by atoms with E-state index in [4.69, 9.17) is 0 Å². The van der Waals surface area contributed by atoms with Crippen LogP contribution >= 0.6 is 0 Å². The molecule has 1 fully saturated rings. The standard InChI is InChI=1S/C18H16FN3O2/c1-2-18(14-6-4-3-5-7-14)16(23)22(17(24)21-18)20-12-13-8-10-15(19)11-9-13/h3-12H,2H2,1H3,(H,21,24)/b20-12-/t18-/m1/s1. The summed E-state index contributed by atoms with van der Waals surface area (Å²) in [6.45, 7) is 1.83. The molecule has 1 heterocycles. The Morgan fingerprint density at radius 3 is 2.42 bits per heavy atom. The lowest BCUT2D eigenvalue weighted by molar-refractivity contribution is -0.131. The first-order valence-electron chi connectivity index (χ1n) is 7.58. The summed E-state index contributed by atoms with van der Waals surface area (Å²) in [6.07, 6.45) is 1.76. The van der Waals surface area contributed by atoms with Crippen molar-refractivity contribution in [1.29, 1.82) is 0 Å². The van der Waals surface area contributed by atoms with Crippen molar-refractivity contribution in [3.8, 4) is 0 Å². The lowest BCUT2D eigenvalue weighted by atomic mass is 9.87. The van der Waals surface area contributed by atoms with Crippen molar-refractivity contribution < 1.29 is 14.0 Å². The largest absolute Gasteiger partial charge is 0.346 e. The molecule has 2 aromatic carbocycles.